The van der Waals surface area contributed by atoms with Gasteiger partial charge in [0.15, 0.2) is 0 Å². The van der Waals surface area contributed by atoms with Crippen molar-refractivity contribution in [2.45, 2.75) is 57.4 Å². The van der Waals surface area contributed by atoms with E-state index in [2.05, 4.69) is 20.1 Å². The van der Waals surface area contributed by atoms with Crippen molar-refractivity contribution >= 4 is 16.8 Å². The van der Waals surface area contributed by atoms with Crippen molar-refractivity contribution in [2.24, 2.45) is 0 Å². The number of rotatable bonds is 5. The number of aliphatic hydroxyl groups is 1. The maximum absolute atomic E-state index is 14.8. The van der Waals surface area contributed by atoms with E-state index >= 15 is 0 Å². The van der Waals surface area contributed by atoms with Gasteiger partial charge in [-0.3, -0.25) is 4.79 Å². The molecule has 4 heterocycles. The van der Waals surface area contributed by atoms with Crippen LogP contribution in [0.1, 0.15) is 63.0 Å². The Bertz CT molecular complexity index is 1210. The van der Waals surface area contributed by atoms with E-state index in [-0.39, 0.29) is 35.0 Å². The van der Waals surface area contributed by atoms with E-state index in [1.807, 2.05) is 13.8 Å². The molecule has 2 aliphatic rings. The van der Waals surface area contributed by atoms with Gasteiger partial charge in [-0.15, -0.1) is 0 Å². The predicted molar refractivity (Wildman–Crippen MR) is 125 cm³/mol. The average Bonchev–Trinajstić information content (AvgIpc) is 3.52. The third-order valence-electron chi connectivity index (χ3n) is 7.30. The number of hydrogen-bond donors (Lipinski definition) is 2. The van der Waals surface area contributed by atoms with Gasteiger partial charge < -0.3 is 24.5 Å². The first-order valence-corrected chi connectivity index (χ1v) is 12.2. The summed E-state index contributed by atoms with van der Waals surface area (Å²) < 4.78 is 21.7. The highest BCUT2D eigenvalue weighted by Crippen LogP contribution is 2.35. The molecule has 0 aliphatic carbocycles. The first kappa shape index (κ1) is 23.7. The standard InChI is InChI=1S/C24H31FN6O4/c1-14(2)21-20-18(33)4-3-17(25)22(20)31(27-21)24-26-23(35-28-24)15-5-9-29(10-6-15)16-7-11-30(12-8-16)19(34)13-32/h3-4,14-16,32-33H,5-13H2,1-2H3. The molecule has 10 nitrogen and oxygen atoms in total. The Kier molecular flexibility index (Phi) is 6.45. The second-order valence-electron chi connectivity index (χ2n) is 9.75. The molecule has 2 N–H and O–H groups in total. The normalized spacial score (nSPS) is 18.7. The minimum absolute atomic E-state index is 0.0287. The van der Waals surface area contributed by atoms with E-state index in [4.69, 9.17) is 9.63 Å². The van der Waals surface area contributed by atoms with Crippen LogP contribution in [0.4, 0.5) is 4.39 Å². The van der Waals surface area contributed by atoms with Crippen molar-refractivity contribution in [2.75, 3.05) is 32.8 Å². The summed E-state index contributed by atoms with van der Waals surface area (Å²) in [5.41, 5.74) is 0.713. The molecule has 0 unspecified atom stereocenters. The number of amides is 1. The number of aliphatic hydroxyl groups excluding tert-OH is 1. The summed E-state index contributed by atoms with van der Waals surface area (Å²) in [7, 11) is 0. The first-order valence-electron chi connectivity index (χ1n) is 12.2. The lowest BCUT2D eigenvalue weighted by Crippen LogP contribution is -2.49. The topological polar surface area (TPSA) is 121 Å². The number of benzene rings is 1. The zero-order valence-corrected chi connectivity index (χ0v) is 20.0. The van der Waals surface area contributed by atoms with Crippen molar-refractivity contribution in [3.8, 4) is 11.7 Å². The van der Waals surface area contributed by atoms with Gasteiger partial charge in [-0.25, -0.2) is 4.39 Å². The zero-order chi connectivity index (χ0) is 24.7. The van der Waals surface area contributed by atoms with Crippen LogP contribution >= 0.6 is 0 Å². The van der Waals surface area contributed by atoms with Crippen molar-refractivity contribution in [3.63, 3.8) is 0 Å². The smallest absolute Gasteiger partial charge is 0.291 e. The molecule has 2 fully saturated rings. The molecule has 0 saturated carbocycles. The Morgan fingerprint density at radius 3 is 2.54 bits per heavy atom. The molecule has 0 radical (unpaired) electrons. The first-order chi connectivity index (χ1) is 16.9. The molecule has 188 valence electrons. The molecule has 1 aromatic carbocycles. The zero-order valence-electron chi connectivity index (χ0n) is 20.0. The molecule has 11 heteroatoms. The minimum atomic E-state index is -0.511. The quantitative estimate of drug-likeness (QED) is 0.565. The fraction of sp³-hybridized carbons (Fsp3) is 0.583. The maximum atomic E-state index is 14.8. The minimum Gasteiger partial charge on any atom is -0.507 e. The highest BCUT2D eigenvalue weighted by atomic mass is 19.1. The fourth-order valence-electron chi connectivity index (χ4n) is 5.34. The summed E-state index contributed by atoms with van der Waals surface area (Å²) >= 11 is 0. The summed E-state index contributed by atoms with van der Waals surface area (Å²) in [5.74, 6) is 0.00423. The highest BCUT2D eigenvalue weighted by Gasteiger charge is 2.32. The van der Waals surface area contributed by atoms with Crippen LogP contribution < -0.4 is 0 Å². The summed E-state index contributed by atoms with van der Waals surface area (Å²) in [5, 5.41) is 28.4. The van der Waals surface area contributed by atoms with Crippen LogP contribution in [0.15, 0.2) is 16.7 Å². The molecular formula is C24H31FN6O4. The number of aromatic nitrogens is 4. The predicted octanol–water partition coefficient (Wildman–Crippen LogP) is 2.54. The Labute approximate surface area is 202 Å². The number of piperidine rings is 2. The number of hydrogen-bond acceptors (Lipinski definition) is 8. The lowest BCUT2D eigenvalue weighted by Gasteiger charge is -2.41. The van der Waals surface area contributed by atoms with Crippen LogP contribution in [-0.4, -0.2) is 84.7 Å². The number of phenols is 1. The van der Waals surface area contributed by atoms with Gasteiger partial charge in [-0.05, 0) is 62.0 Å². The van der Waals surface area contributed by atoms with E-state index in [1.165, 1.54) is 16.8 Å². The highest BCUT2D eigenvalue weighted by molar-refractivity contribution is 5.89. The Hall–Kier alpha value is -3.05. The van der Waals surface area contributed by atoms with Gasteiger partial charge >= 0.3 is 0 Å². The number of aromatic hydroxyl groups is 1. The lowest BCUT2D eigenvalue weighted by molar-refractivity contribution is -0.135. The molecule has 2 aromatic heterocycles. The summed E-state index contributed by atoms with van der Waals surface area (Å²) in [6.07, 6.45) is 3.54. The number of carbonyl (C=O) groups is 1. The van der Waals surface area contributed by atoms with Crippen LogP contribution in [0.2, 0.25) is 0 Å². The number of carbonyl (C=O) groups excluding carboxylic acids is 1. The molecular weight excluding hydrogens is 455 g/mol. The van der Waals surface area contributed by atoms with Gasteiger partial charge in [0, 0.05) is 25.0 Å². The summed E-state index contributed by atoms with van der Waals surface area (Å²) in [6.45, 7) is 6.58. The molecule has 0 bridgehead atoms. The molecule has 2 saturated heterocycles. The van der Waals surface area contributed by atoms with Crippen LogP contribution in [0, 0.1) is 5.82 Å². The number of nitrogens with zero attached hydrogens (tertiary/aromatic N) is 6. The van der Waals surface area contributed by atoms with E-state index < -0.39 is 12.4 Å². The van der Waals surface area contributed by atoms with Crippen LogP contribution in [0.5, 0.6) is 5.75 Å². The Morgan fingerprint density at radius 2 is 1.89 bits per heavy atom. The fourth-order valence-corrected chi connectivity index (χ4v) is 5.34. The molecule has 1 amide bonds. The molecule has 35 heavy (non-hydrogen) atoms. The number of fused-ring (bicyclic) bond motifs is 1. The molecule has 3 aromatic rings. The third kappa shape index (κ3) is 4.38. The second-order valence-corrected chi connectivity index (χ2v) is 9.75. The van der Waals surface area contributed by atoms with E-state index in [0.29, 0.717) is 36.1 Å². The van der Waals surface area contributed by atoms with Crippen LogP contribution in [0.25, 0.3) is 16.9 Å². The number of phenolic OH excluding ortho intramolecular Hbond substituents is 1. The van der Waals surface area contributed by atoms with E-state index in [9.17, 15) is 14.3 Å². The lowest BCUT2D eigenvalue weighted by atomic mass is 9.93. The molecule has 0 atom stereocenters. The van der Waals surface area contributed by atoms with Gasteiger partial charge in [0.25, 0.3) is 5.95 Å². The molecule has 5 rings (SSSR count). The van der Waals surface area contributed by atoms with Gasteiger partial charge in [-0.2, -0.15) is 14.8 Å². The average molecular weight is 487 g/mol. The Balaban J connectivity index is 1.28. The molecule has 0 spiro atoms. The SMILES string of the molecule is CC(C)c1nn(-c2noc(C3CCN(C4CCN(C(=O)CO)CC4)CC3)n2)c2c(F)ccc(O)c12. The van der Waals surface area contributed by atoms with Crippen molar-refractivity contribution in [3.05, 3.63) is 29.5 Å². The maximum Gasteiger partial charge on any atom is 0.291 e. The Morgan fingerprint density at radius 1 is 1.17 bits per heavy atom. The van der Waals surface area contributed by atoms with E-state index in [1.54, 1.807) is 4.90 Å². The van der Waals surface area contributed by atoms with E-state index in [0.717, 1.165) is 38.8 Å². The third-order valence-corrected chi connectivity index (χ3v) is 7.30. The van der Waals surface area contributed by atoms with Crippen LogP contribution in [0.3, 0.4) is 0 Å². The van der Waals surface area contributed by atoms with Gasteiger partial charge in [0.05, 0.1) is 11.1 Å². The monoisotopic (exact) mass is 486 g/mol. The number of likely N-dealkylation sites (tertiary alicyclic amines) is 2. The summed E-state index contributed by atoms with van der Waals surface area (Å²) in [6, 6.07) is 2.97. The van der Waals surface area contributed by atoms with Gasteiger partial charge in [0.2, 0.25) is 11.8 Å². The van der Waals surface area contributed by atoms with Crippen molar-refractivity contribution in [1.82, 2.24) is 29.7 Å². The number of halogens is 1. The van der Waals surface area contributed by atoms with Crippen molar-refractivity contribution < 1.29 is 23.9 Å². The molecule has 2 aliphatic heterocycles. The van der Waals surface area contributed by atoms with Crippen LogP contribution in [-0.2, 0) is 4.79 Å². The largest absolute Gasteiger partial charge is 0.507 e. The van der Waals surface area contributed by atoms with Gasteiger partial charge in [0.1, 0.15) is 23.7 Å². The van der Waals surface area contributed by atoms with Gasteiger partial charge in [-0.1, -0.05) is 13.8 Å². The van der Waals surface area contributed by atoms with Crippen molar-refractivity contribution in [1.29, 1.82) is 0 Å². The second kappa shape index (κ2) is 9.54. The summed E-state index contributed by atoms with van der Waals surface area (Å²) in [4.78, 5) is 20.5.